The first-order valence-corrected chi connectivity index (χ1v) is 10.1. The van der Waals surface area contributed by atoms with Gasteiger partial charge in [0.1, 0.15) is 5.01 Å². The molecule has 10 heteroatoms. The molecular weight excluding hydrogens is 508 g/mol. The maximum Gasteiger partial charge on any atom is 0.434 e. The van der Waals surface area contributed by atoms with Crippen LogP contribution >= 0.6 is 47.1 Å². The zero-order valence-corrected chi connectivity index (χ0v) is 18.7. The monoisotopic (exact) mass is 530 g/mol. The fraction of sp³-hybridized carbons (Fsp3) is 0.412. The molecular formula is C17H22F3IN4S2. The van der Waals surface area contributed by atoms with Gasteiger partial charge in [-0.25, -0.2) is 9.98 Å². The molecule has 0 aliphatic heterocycles. The molecule has 1 heterocycles. The smallest absolute Gasteiger partial charge is 0.357 e. The molecule has 0 amide bonds. The fourth-order valence-corrected chi connectivity index (χ4v) is 3.59. The Kier molecular flexibility index (Phi) is 11.1. The topological polar surface area (TPSA) is 49.3 Å². The number of nitrogens with one attached hydrogen (secondary N) is 2. The van der Waals surface area contributed by atoms with Crippen molar-refractivity contribution in [3.8, 4) is 0 Å². The normalized spacial score (nSPS) is 11.8. The lowest BCUT2D eigenvalue weighted by Gasteiger charge is -2.10. The summed E-state index contributed by atoms with van der Waals surface area (Å²) in [5, 5.41) is 7.64. The number of hydrogen-bond acceptors (Lipinski definition) is 4. The molecule has 2 N–H and O–H groups in total. The van der Waals surface area contributed by atoms with Crippen molar-refractivity contribution in [1.82, 2.24) is 15.6 Å². The Morgan fingerprint density at radius 2 is 1.96 bits per heavy atom. The number of hydrogen-bond donors (Lipinski definition) is 2. The van der Waals surface area contributed by atoms with E-state index < -0.39 is 11.9 Å². The largest absolute Gasteiger partial charge is 0.434 e. The maximum absolute atomic E-state index is 12.6. The highest BCUT2D eigenvalue weighted by Crippen LogP contribution is 2.30. The van der Waals surface area contributed by atoms with Gasteiger partial charge in [0.15, 0.2) is 11.7 Å². The van der Waals surface area contributed by atoms with Crippen molar-refractivity contribution in [2.45, 2.75) is 31.0 Å². The number of aromatic nitrogens is 1. The molecule has 2 rings (SSSR count). The first kappa shape index (κ1) is 24.0. The Balaban J connectivity index is 0.00000364. The van der Waals surface area contributed by atoms with Crippen LogP contribution < -0.4 is 10.6 Å². The standard InChI is InChI=1S/C17H21F3N4S2.HI/c1-2-21-16(22-9-6-10-25-13-7-4-3-5-8-13)23-11-15-24-14(12-26-15)17(18,19)20;/h3-5,7-8,12H,2,6,9-11H2,1H3,(H2,21,22,23);1H. The van der Waals surface area contributed by atoms with Gasteiger partial charge in [0.05, 0.1) is 6.54 Å². The molecule has 0 radical (unpaired) electrons. The average molecular weight is 530 g/mol. The molecule has 0 aliphatic carbocycles. The number of guanidine groups is 1. The predicted octanol–water partition coefficient (Wildman–Crippen LogP) is 5.02. The molecule has 0 bridgehead atoms. The van der Waals surface area contributed by atoms with E-state index in [2.05, 4.69) is 32.7 Å². The number of thioether (sulfide) groups is 1. The van der Waals surface area contributed by atoms with E-state index in [0.717, 1.165) is 35.4 Å². The Morgan fingerprint density at radius 1 is 1.22 bits per heavy atom. The summed E-state index contributed by atoms with van der Waals surface area (Å²) in [5.74, 6) is 1.55. The summed E-state index contributed by atoms with van der Waals surface area (Å²) in [5.41, 5.74) is -0.858. The number of thiazole rings is 1. The van der Waals surface area contributed by atoms with Crippen LogP contribution in [0.5, 0.6) is 0 Å². The molecule has 150 valence electrons. The summed E-state index contributed by atoms with van der Waals surface area (Å²) in [7, 11) is 0. The molecule has 0 unspecified atom stereocenters. The van der Waals surface area contributed by atoms with Gasteiger partial charge < -0.3 is 10.6 Å². The van der Waals surface area contributed by atoms with Gasteiger partial charge in [-0.2, -0.15) is 13.2 Å². The molecule has 27 heavy (non-hydrogen) atoms. The molecule has 0 spiro atoms. The van der Waals surface area contributed by atoms with Gasteiger partial charge in [-0.15, -0.1) is 47.1 Å². The number of alkyl halides is 3. The van der Waals surface area contributed by atoms with Crippen LogP contribution in [0, 0.1) is 0 Å². The number of benzene rings is 1. The van der Waals surface area contributed by atoms with Gasteiger partial charge in [-0.1, -0.05) is 18.2 Å². The van der Waals surface area contributed by atoms with E-state index in [-0.39, 0.29) is 30.5 Å². The second-order valence-electron chi connectivity index (χ2n) is 5.26. The Labute approximate surface area is 182 Å². The van der Waals surface area contributed by atoms with Crippen molar-refractivity contribution in [3.63, 3.8) is 0 Å². The van der Waals surface area contributed by atoms with Gasteiger partial charge in [0.25, 0.3) is 0 Å². The molecule has 0 saturated carbocycles. The minimum absolute atomic E-state index is 0. The second-order valence-corrected chi connectivity index (χ2v) is 7.37. The van der Waals surface area contributed by atoms with Crippen LogP contribution in [0.2, 0.25) is 0 Å². The molecule has 0 fully saturated rings. The van der Waals surface area contributed by atoms with Gasteiger partial charge in [-0.3, -0.25) is 0 Å². The van der Waals surface area contributed by atoms with Crippen LogP contribution in [0.1, 0.15) is 24.0 Å². The van der Waals surface area contributed by atoms with Gasteiger partial charge >= 0.3 is 6.18 Å². The first-order valence-electron chi connectivity index (χ1n) is 8.20. The van der Waals surface area contributed by atoms with Crippen molar-refractivity contribution in [1.29, 1.82) is 0 Å². The molecule has 0 saturated heterocycles. The molecule has 1 aromatic heterocycles. The zero-order chi connectivity index (χ0) is 18.8. The number of rotatable bonds is 8. The Morgan fingerprint density at radius 3 is 2.59 bits per heavy atom. The molecule has 0 aliphatic rings. The second kappa shape index (κ2) is 12.4. The van der Waals surface area contributed by atoms with Crippen molar-refractivity contribution < 1.29 is 13.2 Å². The van der Waals surface area contributed by atoms with Gasteiger partial charge in [0, 0.05) is 23.4 Å². The van der Waals surface area contributed by atoms with Crippen LogP contribution in [0.25, 0.3) is 0 Å². The summed E-state index contributed by atoms with van der Waals surface area (Å²) < 4.78 is 37.7. The van der Waals surface area contributed by atoms with E-state index in [1.165, 1.54) is 4.90 Å². The highest BCUT2D eigenvalue weighted by Gasteiger charge is 2.33. The first-order chi connectivity index (χ1) is 12.5. The molecule has 4 nitrogen and oxygen atoms in total. The lowest BCUT2D eigenvalue weighted by molar-refractivity contribution is -0.140. The van der Waals surface area contributed by atoms with Crippen LogP contribution in [-0.2, 0) is 12.7 Å². The summed E-state index contributed by atoms with van der Waals surface area (Å²) in [4.78, 5) is 9.12. The van der Waals surface area contributed by atoms with Crippen molar-refractivity contribution in [2.24, 2.45) is 4.99 Å². The van der Waals surface area contributed by atoms with E-state index in [1.807, 2.05) is 25.1 Å². The number of nitrogens with zero attached hydrogens (tertiary/aromatic N) is 2. The summed E-state index contributed by atoms with van der Waals surface area (Å²) >= 11 is 2.75. The van der Waals surface area contributed by atoms with Crippen molar-refractivity contribution in [3.05, 3.63) is 46.4 Å². The highest BCUT2D eigenvalue weighted by atomic mass is 127. The van der Waals surface area contributed by atoms with Crippen molar-refractivity contribution >= 4 is 53.0 Å². The number of aliphatic imine (C=N–C) groups is 1. The van der Waals surface area contributed by atoms with Crippen LogP contribution in [0.3, 0.4) is 0 Å². The lowest BCUT2D eigenvalue weighted by atomic mass is 10.4. The average Bonchev–Trinajstić information content (AvgIpc) is 3.09. The third kappa shape index (κ3) is 9.15. The van der Waals surface area contributed by atoms with E-state index in [9.17, 15) is 13.2 Å². The summed E-state index contributed by atoms with van der Waals surface area (Å²) in [6, 6.07) is 10.2. The lowest BCUT2D eigenvalue weighted by Crippen LogP contribution is -2.37. The fourth-order valence-electron chi connectivity index (χ4n) is 1.99. The maximum atomic E-state index is 12.6. The number of halogens is 4. The van der Waals surface area contributed by atoms with Gasteiger partial charge in [-0.05, 0) is 31.2 Å². The molecule has 1 aromatic carbocycles. The minimum atomic E-state index is -4.41. The van der Waals surface area contributed by atoms with Crippen LogP contribution in [-0.4, -0.2) is 29.8 Å². The van der Waals surface area contributed by atoms with E-state index in [1.54, 1.807) is 11.8 Å². The Bertz CT molecular complexity index is 693. The van der Waals surface area contributed by atoms with Crippen LogP contribution in [0.15, 0.2) is 45.6 Å². The van der Waals surface area contributed by atoms with Crippen LogP contribution in [0.4, 0.5) is 13.2 Å². The third-order valence-corrected chi connectivity index (χ3v) is 5.12. The van der Waals surface area contributed by atoms with Crippen molar-refractivity contribution in [2.75, 3.05) is 18.8 Å². The molecule has 0 atom stereocenters. The van der Waals surface area contributed by atoms with E-state index >= 15 is 0 Å². The quantitative estimate of drug-likeness (QED) is 0.166. The third-order valence-electron chi connectivity index (χ3n) is 3.18. The molecule has 2 aromatic rings. The van der Waals surface area contributed by atoms with E-state index in [4.69, 9.17) is 0 Å². The van der Waals surface area contributed by atoms with E-state index in [0.29, 0.717) is 17.5 Å². The summed E-state index contributed by atoms with van der Waals surface area (Å²) in [6.45, 7) is 3.47. The highest BCUT2D eigenvalue weighted by molar-refractivity contribution is 14.0. The SMILES string of the molecule is CCNC(=NCc1nc(C(F)(F)F)cs1)NCCCSc1ccccc1.I. The zero-order valence-electron chi connectivity index (χ0n) is 14.8. The minimum Gasteiger partial charge on any atom is -0.357 e. The summed E-state index contributed by atoms with van der Waals surface area (Å²) in [6.07, 6.45) is -3.46. The predicted molar refractivity (Wildman–Crippen MR) is 117 cm³/mol. The Hall–Kier alpha value is -1.01. The van der Waals surface area contributed by atoms with Gasteiger partial charge in [0.2, 0.25) is 0 Å².